The fraction of sp³-hybridized carbons (Fsp3) is 0.471. The standard InChI is InChI=1S/C17H23N3O/c1-10-5-3-8-14(11(10)2)20-17(21)15-9-12-6-4-7-13(18)16(12)19-15/h4,6-7,9-11,14,19H,3,5,8,18H2,1-2H3,(H,20,21). The summed E-state index contributed by atoms with van der Waals surface area (Å²) in [5, 5.41) is 4.16. The summed E-state index contributed by atoms with van der Waals surface area (Å²) in [6.45, 7) is 4.50. The van der Waals surface area contributed by atoms with Crippen LogP contribution in [-0.2, 0) is 0 Å². The van der Waals surface area contributed by atoms with Crippen LogP contribution in [0.2, 0.25) is 0 Å². The lowest BCUT2D eigenvalue weighted by molar-refractivity contribution is 0.0887. The van der Waals surface area contributed by atoms with E-state index in [9.17, 15) is 4.79 Å². The molecular weight excluding hydrogens is 262 g/mol. The number of nitrogen functional groups attached to an aromatic ring is 1. The van der Waals surface area contributed by atoms with Crippen molar-refractivity contribution in [3.63, 3.8) is 0 Å². The number of hydrogen-bond acceptors (Lipinski definition) is 2. The van der Waals surface area contributed by atoms with E-state index in [4.69, 9.17) is 5.73 Å². The Morgan fingerprint density at radius 1 is 1.33 bits per heavy atom. The summed E-state index contributed by atoms with van der Waals surface area (Å²) in [7, 11) is 0. The lowest BCUT2D eigenvalue weighted by atomic mass is 9.78. The molecule has 4 N–H and O–H groups in total. The van der Waals surface area contributed by atoms with Gasteiger partial charge in [-0.05, 0) is 30.4 Å². The highest BCUT2D eigenvalue weighted by atomic mass is 16.1. The van der Waals surface area contributed by atoms with Crippen LogP contribution < -0.4 is 11.1 Å². The number of aromatic amines is 1. The summed E-state index contributed by atoms with van der Waals surface area (Å²) < 4.78 is 0. The van der Waals surface area contributed by atoms with Crippen molar-refractivity contribution in [1.29, 1.82) is 0 Å². The molecule has 1 fully saturated rings. The predicted octanol–water partition coefficient (Wildman–Crippen LogP) is 3.30. The second-order valence-corrected chi connectivity index (χ2v) is 6.34. The van der Waals surface area contributed by atoms with Crippen molar-refractivity contribution >= 4 is 22.5 Å². The van der Waals surface area contributed by atoms with E-state index in [-0.39, 0.29) is 11.9 Å². The zero-order valence-corrected chi connectivity index (χ0v) is 12.6. The topological polar surface area (TPSA) is 70.9 Å². The van der Waals surface area contributed by atoms with E-state index in [1.807, 2.05) is 24.3 Å². The molecule has 21 heavy (non-hydrogen) atoms. The third-order valence-electron chi connectivity index (χ3n) is 4.96. The van der Waals surface area contributed by atoms with Gasteiger partial charge in [-0.2, -0.15) is 0 Å². The van der Waals surface area contributed by atoms with Crippen LogP contribution >= 0.6 is 0 Å². The first-order chi connectivity index (χ1) is 10.1. The van der Waals surface area contributed by atoms with Gasteiger partial charge < -0.3 is 16.0 Å². The summed E-state index contributed by atoms with van der Waals surface area (Å²) >= 11 is 0. The summed E-state index contributed by atoms with van der Waals surface area (Å²) in [5.41, 5.74) is 8.04. The van der Waals surface area contributed by atoms with Crippen LogP contribution in [0.1, 0.15) is 43.6 Å². The number of benzene rings is 1. The Morgan fingerprint density at radius 3 is 2.90 bits per heavy atom. The first kappa shape index (κ1) is 14.0. The monoisotopic (exact) mass is 285 g/mol. The van der Waals surface area contributed by atoms with E-state index < -0.39 is 0 Å². The second-order valence-electron chi connectivity index (χ2n) is 6.34. The molecule has 0 radical (unpaired) electrons. The van der Waals surface area contributed by atoms with Gasteiger partial charge in [0, 0.05) is 11.4 Å². The zero-order valence-electron chi connectivity index (χ0n) is 12.6. The number of carbonyl (C=O) groups is 1. The third kappa shape index (κ3) is 2.62. The number of aromatic nitrogens is 1. The van der Waals surface area contributed by atoms with Gasteiger partial charge in [-0.1, -0.05) is 38.8 Å². The molecule has 3 unspecified atom stereocenters. The Kier molecular flexibility index (Phi) is 3.62. The normalized spacial score (nSPS) is 25.9. The molecular formula is C17H23N3O. The minimum absolute atomic E-state index is 0.0310. The van der Waals surface area contributed by atoms with Gasteiger partial charge in [0.05, 0.1) is 11.2 Å². The van der Waals surface area contributed by atoms with E-state index in [1.165, 1.54) is 12.8 Å². The van der Waals surface area contributed by atoms with Crippen molar-refractivity contribution < 1.29 is 4.79 Å². The molecule has 1 aromatic carbocycles. The zero-order chi connectivity index (χ0) is 15.0. The van der Waals surface area contributed by atoms with E-state index in [0.717, 1.165) is 17.3 Å². The maximum absolute atomic E-state index is 12.5. The Morgan fingerprint density at radius 2 is 2.14 bits per heavy atom. The van der Waals surface area contributed by atoms with Gasteiger partial charge in [-0.3, -0.25) is 4.79 Å². The highest BCUT2D eigenvalue weighted by Crippen LogP contribution is 2.30. The minimum Gasteiger partial charge on any atom is -0.397 e. The first-order valence-corrected chi connectivity index (χ1v) is 7.74. The van der Waals surface area contributed by atoms with Crippen LogP contribution in [0.25, 0.3) is 10.9 Å². The Bertz CT molecular complexity index is 661. The van der Waals surface area contributed by atoms with Crippen LogP contribution in [0.5, 0.6) is 0 Å². The molecule has 1 aromatic heterocycles. The number of amides is 1. The smallest absolute Gasteiger partial charge is 0.267 e. The molecule has 1 aliphatic rings. The van der Waals surface area contributed by atoms with Gasteiger partial charge in [0.2, 0.25) is 0 Å². The molecule has 1 amide bonds. The summed E-state index contributed by atoms with van der Waals surface area (Å²) in [4.78, 5) is 15.6. The molecule has 2 aromatic rings. The van der Waals surface area contributed by atoms with Crippen LogP contribution in [0.15, 0.2) is 24.3 Å². The molecule has 0 saturated heterocycles. The first-order valence-electron chi connectivity index (χ1n) is 7.74. The Labute approximate surface area is 125 Å². The predicted molar refractivity (Wildman–Crippen MR) is 86.1 cm³/mol. The van der Waals surface area contributed by atoms with E-state index in [2.05, 4.69) is 24.1 Å². The fourth-order valence-electron chi connectivity index (χ4n) is 3.33. The van der Waals surface area contributed by atoms with Crippen molar-refractivity contribution in [2.45, 2.75) is 39.2 Å². The Hall–Kier alpha value is -1.97. The van der Waals surface area contributed by atoms with Gasteiger partial charge in [0.25, 0.3) is 5.91 Å². The molecule has 1 saturated carbocycles. The highest BCUT2D eigenvalue weighted by molar-refractivity contribution is 6.00. The van der Waals surface area contributed by atoms with E-state index in [1.54, 1.807) is 0 Å². The number of hydrogen-bond donors (Lipinski definition) is 3. The number of H-pyrrole nitrogens is 1. The molecule has 4 nitrogen and oxygen atoms in total. The number of rotatable bonds is 2. The van der Waals surface area contributed by atoms with Crippen LogP contribution in [0.3, 0.4) is 0 Å². The molecule has 0 aliphatic heterocycles. The lowest BCUT2D eigenvalue weighted by Crippen LogP contribution is -2.43. The molecule has 1 heterocycles. The van der Waals surface area contributed by atoms with E-state index >= 15 is 0 Å². The maximum Gasteiger partial charge on any atom is 0.267 e. The third-order valence-corrected chi connectivity index (χ3v) is 4.96. The van der Waals surface area contributed by atoms with Crippen molar-refractivity contribution in [3.05, 3.63) is 30.0 Å². The number of fused-ring (bicyclic) bond motifs is 1. The fourth-order valence-corrected chi connectivity index (χ4v) is 3.33. The number of carbonyl (C=O) groups excluding carboxylic acids is 1. The van der Waals surface area contributed by atoms with E-state index in [0.29, 0.717) is 23.2 Å². The molecule has 3 atom stereocenters. The summed E-state index contributed by atoms with van der Waals surface area (Å²) in [5.74, 6) is 1.16. The van der Waals surface area contributed by atoms with Crippen molar-refractivity contribution in [2.24, 2.45) is 11.8 Å². The van der Waals surface area contributed by atoms with Crippen molar-refractivity contribution in [2.75, 3.05) is 5.73 Å². The molecule has 0 spiro atoms. The summed E-state index contributed by atoms with van der Waals surface area (Å²) in [6.07, 6.45) is 3.52. The average molecular weight is 285 g/mol. The highest BCUT2D eigenvalue weighted by Gasteiger charge is 2.28. The quantitative estimate of drug-likeness (QED) is 0.741. The van der Waals surface area contributed by atoms with Gasteiger partial charge in [0.1, 0.15) is 5.69 Å². The van der Waals surface area contributed by atoms with Crippen molar-refractivity contribution in [3.8, 4) is 0 Å². The molecule has 4 heteroatoms. The van der Waals surface area contributed by atoms with Crippen LogP contribution in [0.4, 0.5) is 5.69 Å². The number of para-hydroxylation sites is 1. The largest absolute Gasteiger partial charge is 0.397 e. The number of anilines is 1. The van der Waals surface area contributed by atoms with Gasteiger partial charge in [-0.15, -0.1) is 0 Å². The van der Waals surface area contributed by atoms with Gasteiger partial charge in [-0.25, -0.2) is 0 Å². The average Bonchev–Trinajstić information content (AvgIpc) is 2.89. The van der Waals surface area contributed by atoms with Gasteiger partial charge in [0.15, 0.2) is 0 Å². The van der Waals surface area contributed by atoms with Gasteiger partial charge >= 0.3 is 0 Å². The maximum atomic E-state index is 12.5. The Balaban J connectivity index is 1.79. The second kappa shape index (κ2) is 5.43. The molecule has 3 rings (SSSR count). The van der Waals surface area contributed by atoms with Crippen LogP contribution in [-0.4, -0.2) is 16.9 Å². The SMILES string of the molecule is CC1CCCC(NC(=O)c2cc3cccc(N)c3[nH]2)C1C. The van der Waals surface area contributed by atoms with Crippen LogP contribution in [0, 0.1) is 11.8 Å². The lowest BCUT2D eigenvalue weighted by Gasteiger charge is -2.34. The van der Waals surface area contributed by atoms with Crippen molar-refractivity contribution in [1.82, 2.24) is 10.3 Å². The number of nitrogens with two attached hydrogens (primary N) is 1. The number of nitrogens with one attached hydrogen (secondary N) is 2. The molecule has 0 bridgehead atoms. The molecule has 1 aliphatic carbocycles. The summed E-state index contributed by atoms with van der Waals surface area (Å²) in [6, 6.07) is 7.84. The minimum atomic E-state index is -0.0310. The molecule has 112 valence electrons.